The van der Waals surface area contributed by atoms with Crippen LogP contribution in [0.15, 0.2) is 24.3 Å². The van der Waals surface area contributed by atoms with Crippen LogP contribution < -0.4 is 10.4 Å². The van der Waals surface area contributed by atoms with Gasteiger partial charge < -0.3 is 0 Å². The summed E-state index contributed by atoms with van der Waals surface area (Å²) in [4.78, 5) is 0. The molecule has 0 bridgehead atoms. The summed E-state index contributed by atoms with van der Waals surface area (Å²) >= 11 is 0. The van der Waals surface area contributed by atoms with Crippen LogP contribution in [0.25, 0.3) is 11.1 Å². The quantitative estimate of drug-likeness (QED) is 0.552. The van der Waals surface area contributed by atoms with E-state index < -0.39 is 6.60 Å². The monoisotopic (exact) mass is 192 g/mol. The Balaban J connectivity index is 2.96. The maximum atomic E-state index is 2.50. The summed E-state index contributed by atoms with van der Waals surface area (Å²) in [7, 11) is 0. The molecule has 0 amide bonds. The van der Waals surface area contributed by atoms with E-state index in [-0.39, 0.29) is 0 Å². The molecule has 1 aliphatic rings. The fraction of sp³-hybridized carbons (Fsp3) is 0.333. The van der Waals surface area contributed by atoms with Crippen LogP contribution in [0.1, 0.15) is 6.92 Å². The van der Waals surface area contributed by atoms with Crippen molar-refractivity contribution in [1.29, 1.82) is 0 Å². The minimum atomic E-state index is -1.62. The Morgan fingerprint density at radius 2 is 1.62 bits per heavy atom. The molecule has 1 heterocycles. The zero-order chi connectivity index (χ0) is 9.71. The number of benzene rings is 1. The molecule has 0 saturated carbocycles. The number of hydrogen-bond acceptors (Lipinski definition) is 0. The predicted molar refractivity (Wildman–Crippen MR) is 63.9 cm³/mol. The molecule has 0 atom stereocenters. The van der Waals surface area contributed by atoms with E-state index in [4.69, 9.17) is 0 Å². The molecule has 1 aromatic carbocycles. The molecule has 0 spiro atoms. The molecule has 2 rings (SSSR count). The standard InChI is InChI=1S/C12H17P/c1-10-12-8-6-5-7-11(12)9-13(10,2,3)4/h5-9H,1-4H3. The summed E-state index contributed by atoms with van der Waals surface area (Å²) < 4.78 is 0. The summed E-state index contributed by atoms with van der Waals surface area (Å²) in [5.41, 5.74) is 0. The first kappa shape index (κ1) is 8.97. The van der Waals surface area contributed by atoms with Crippen LogP contribution in [-0.2, 0) is 0 Å². The number of fused-ring (bicyclic) bond motifs is 1. The van der Waals surface area contributed by atoms with Crippen molar-refractivity contribution < 1.29 is 0 Å². The van der Waals surface area contributed by atoms with Crippen LogP contribution in [0.3, 0.4) is 0 Å². The molecule has 1 heteroatoms. The molecule has 0 fully saturated rings. The van der Waals surface area contributed by atoms with Gasteiger partial charge in [-0.2, -0.15) is 0 Å². The van der Waals surface area contributed by atoms with Gasteiger partial charge >= 0.3 is 79.4 Å². The van der Waals surface area contributed by atoms with E-state index in [0.29, 0.717) is 0 Å². The van der Waals surface area contributed by atoms with Gasteiger partial charge in [-0.1, -0.05) is 0 Å². The van der Waals surface area contributed by atoms with E-state index >= 15 is 0 Å². The van der Waals surface area contributed by atoms with E-state index in [2.05, 4.69) is 57.0 Å². The van der Waals surface area contributed by atoms with Crippen LogP contribution in [0.2, 0.25) is 0 Å². The molecular weight excluding hydrogens is 175 g/mol. The molecule has 0 radical (unpaired) electrons. The van der Waals surface area contributed by atoms with E-state index in [0.717, 1.165) is 0 Å². The van der Waals surface area contributed by atoms with Crippen molar-refractivity contribution in [3.05, 3.63) is 34.7 Å². The molecule has 70 valence electrons. The Kier molecular flexibility index (Phi) is 1.55. The molecule has 0 nitrogen and oxygen atoms in total. The van der Waals surface area contributed by atoms with Crippen molar-refractivity contribution in [2.75, 3.05) is 20.0 Å². The van der Waals surface area contributed by atoms with Crippen molar-refractivity contribution in [2.24, 2.45) is 0 Å². The van der Waals surface area contributed by atoms with Gasteiger partial charge in [-0.25, -0.2) is 0 Å². The number of hydrogen-bond donors (Lipinski definition) is 0. The molecule has 1 aromatic rings. The molecule has 13 heavy (non-hydrogen) atoms. The molecule has 0 aliphatic carbocycles. The number of rotatable bonds is 0. The van der Waals surface area contributed by atoms with Gasteiger partial charge in [-0.3, -0.25) is 0 Å². The second-order valence-electron chi connectivity index (χ2n) is 5.22. The Hall–Kier alpha value is -0.610. The molecule has 1 aliphatic heterocycles. The van der Waals surface area contributed by atoms with E-state index in [1.54, 1.807) is 5.31 Å². The van der Waals surface area contributed by atoms with Gasteiger partial charge in [0, 0.05) is 0 Å². The Morgan fingerprint density at radius 1 is 1.00 bits per heavy atom. The van der Waals surface area contributed by atoms with Gasteiger partial charge in [0.15, 0.2) is 0 Å². The normalized spacial score (nSPS) is 25.5. The second-order valence-corrected chi connectivity index (χ2v) is 12.0. The molecule has 0 N–H and O–H groups in total. The Morgan fingerprint density at radius 3 is 2.23 bits per heavy atom. The fourth-order valence-electron chi connectivity index (χ4n) is 1.95. The Bertz CT molecular complexity index is 472. The summed E-state index contributed by atoms with van der Waals surface area (Å²) in [6.45, 7) is 7.92. The van der Waals surface area contributed by atoms with E-state index in [1.165, 1.54) is 10.4 Å². The first-order chi connectivity index (χ1) is 5.88. The topological polar surface area (TPSA) is 0 Å². The van der Waals surface area contributed by atoms with Crippen LogP contribution in [0.4, 0.5) is 0 Å². The van der Waals surface area contributed by atoms with Crippen molar-refractivity contribution >= 4 is 17.7 Å². The van der Waals surface area contributed by atoms with E-state index in [1.807, 2.05) is 0 Å². The van der Waals surface area contributed by atoms with Crippen LogP contribution in [0, 0.1) is 0 Å². The average Bonchev–Trinajstić information content (AvgIpc) is 2.20. The van der Waals surface area contributed by atoms with Crippen LogP contribution in [0.5, 0.6) is 0 Å². The van der Waals surface area contributed by atoms with Crippen molar-refractivity contribution in [3.8, 4) is 0 Å². The maximum absolute atomic E-state index is 2.50. The first-order valence-electron chi connectivity index (χ1n) is 4.69. The molecule has 0 aromatic heterocycles. The SMILES string of the molecule is CC1=c2ccccc2=CP1(C)(C)C. The third kappa shape index (κ3) is 1.25. The van der Waals surface area contributed by atoms with Gasteiger partial charge in [0.1, 0.15) is 0 Å². The molecular formula is C12H17P. The van der Waals surface area contributed by atoms with Crippen molar-refractivity contribution in [1.82, 2.24) is 0 Å². The predicted octanol–water partition coefficient (Wildman–Crippen LogP) is 2.01. The summed E-state index contributed by atoms with van der Waals surface area (Å²) in [6.07, 6.45) is 0. The van der Waals surface area contributed by atoms with Crippen LogP contribution in [-0.4, -0.2) is 20.0 Å². The van der Waals surface area contributed by atoms with Crippen LogP contribution >= 0.6 is 6.60 Å². The minimum absolute atomic E-state index is 1.44. The Labute approximate surface area is 79.9 Å². The van der Waals surface area contributed by atoms with Gasteiger partial charge in [-0.05, 0) is 0 Å². The first-order valence-corrected chi connectivity index (χ1v) is 8.34. The molecule has 0 unspecified atom stereocenters. The van der Waals surface area contributed by atoms with Gasteiger partial charge in [0.25, 0.3) is 0 Å². The fourth-order valence-corrected chi connectivity index (χ4v) is 4.41. The zero-order valence-electron chi connectivity index (χ0n) is 8.83. The summed E-state index contributed by atoms with van der Waals surface area (Å²) in [6, 6.07) is 8.73. The van der Waals surface area contributed by atoms with Gasteiger partial charge in [0.2, 0.25) is 0 Å². The van der Waals surface area contributed by atoms with Crippen molar-refractivity contribution in [3.63, 3.8) is 0 Å². The van der Waals surface area contributed by atoms with E-state index in [9.17, 15) is 0 Å². The summed E-state index contributed by atoms with van der Waals surface area (Å²) in [5, 5.41) is 4.50. The average molecular weight is 192 g/mol. The van der Waals surface area contributed by atoms with Gasteiger partial charge in [0.05, 0.1) is 0 Å². The third-order valence-electron chi connectivity index (χ3n) is 3.14. The second kappa shape index (κ2) is 2.25. The van der Waals surface area contributed by atoms with Gasteiger partial charge in [-0.15, -0.1) is 0 Å². The third-order valence-corrected chi connectivity index (χ3v) is 6.96. The molecule has 0 saturated heterocycles. The zero-order valence-corrected chi connectivity index (χ0v) is 9.73. The summed E-state index contributed by atoms with van der Waals surface area (Å²) in [5.74, 6) is 2.50. The van der Waals surface area contributed by atoms with Crippen molar-refractivity contribution in [2.45, 2.75) is 6.92 Å².